The van der Waals surface area contributed by atoms with Gasteiger partial charge in [0.2, 0.25) is 5.91 Å². The van der Waals surface area contributed by atoms with Gasteiger partial charge in [-0.05, 0) is 31.2 Å². The van der Waals surface area contributed by atoms with Crippen LogP contribution >= 0.6 is 0 Å². The summed E-state index contributed by atoms with van der Waals surface area (Å²) in [5.41, 5.74) is 3.45. The monoisotopic (exact) mass is 314 g/mol. The Kier molecular flexibility index (Phi) is 4.62. The number of benzene rings is 1. The molecule has 3 rings (SSSR count). The van der Waals surface area contributed by atoms with E-state index in [-0.39, 0.29) is 11.8 Å². The first-order valence-electron chi connectivity index (χ1n) is 7.95. The van der Waals surface area contributed by atoms with Crippen molar-refractivity contribution in [1.29, 1.82) is 0 Å². The molecule has 0 saturated heterocycles. The number of fused-ring (bicyclic) bond motifs is 1. The average molecular weight is 314 g/mol. The molecular formula is C17H22N4O2. The summed E-state index contributed by atoms with van der Waals surface area (Å²) < 4.78 is 0. The lowest BCUT2D eigenvalue weighted by atomic mass is 10.1. The molecule has 0 aromatic heterocycles. The Morgan fingerprint density at radius 1 is 1.35 bits per heavy atom. The van der Waals surface area contributed by atoms with Gasteiger partial charge in [-0.25, -0.2) is 0 Å². The minimum atomic E-state index is -0.117. The van der Waals surface area contributed by atoms with Gasteiger partial charge in [0, 0.05) is 38.7 Å². The van der Waals surface area contributed by atoms with Crippen LogP contribution in [0.15, 0.2) is 29.8 Å². The molecule has 2 aliphatic rings. The maximum absolute atomic E-state index is 12.3. The fraction of sp³-hybridized carbons (Fsp3) is 0.412. The van der Waals surface area contributed by atoms with E-state index in [2.05, 4.69) is 22.0 Å². The number of rotatable bonds is 3. The summed E-state index contributed by atoms with van der Waals surface area (Å²) in [6.45, 7) is 3.07. The second kappa shape index (κ2) is 6.83. The van der Waals surface area contributed by atoms with E-state index in [1.54, 1.807) is 12.1 Å². The molecular weight excluding hydrogens is 292 g/mol. The average Bonchev–Trinajstić information content (AvgIpc) is 2.72. The SMILES string of the molecule is CN1CCC(=O)Nc2cc(C(=O)NCC3=CCNCC3)ccc21. The lowest BCUT2D eigenvalue weighted by Crippen LogP contribution is -2.29. The van der Waals surface area contributed by atoms with Crippen LogP contribution < -0.4 is 20.9 Å². The summed E-state index contributed by atoms with van der Waals surface area (Å²) in [7, 11) is 1.95. The first-order valence-corrected chi connectivity index (χ1v) is 7.95. The summed E-state index contributed by atoms with van der Waals surface area (Å²) in [4.78, 5) is 26.1. The molecule has 2 heterocycles. The molecule has 1 aromatic carbocycles. The van der Waals surface area contributed by atoms with Gasteiger partial charge >= 0.3 is 0 Å². The number of anilines is 2. The predicted octanol–water partition coefficient (Wildman–Crippen LogP) is 1.11. The molecule has 6 heteroatoms. The topological polar surface area (TPSA) is 73.5 Å². The van der Waals surface area contributed by atoms with Crippen molar-refractivity contribution in [3.05, 3.63) is 35.4 Å². The number of hydrogen-bond donors (Lipinski definition) is 3. The Morgan fingerprint density at radius 2 is 2.22 bits per heavy atom. The van der Waals surface area contributed by atoms with E-state index in [4.69, 9.17) is 0 Å². The molecule has 0 saturated carbocycles. The van der Waals surface area contributed by atoms with Gasteiger partial charge < -0.3 is 20.9 Å². The molecule has 6 nitrogen and oxygen atoms in total. The van der Waals surface area contributed by atoms with Crippen molar-refractivity contribution in [2.45, 2.75) is 12.8 Å². The Bertz CT molecular complexity index is 654. The van der Waals surface area contributed by atoms with Crippen LogP contribution in [0.3, 0.4) is 0 Å². The molecule has 0 spiro atoms. The fourth-order valence-electron chi connectivity index (χ4n) is 2.84. The van der Waals surface area contributed by atoms with Gasteiger partial charge in [0.05, 0.1) is 11.4 Å². The lowest BCUT2D eigenvalue weighted by Gasteiger charge is -2.19. The van der Waals surface area contributed by atoms with Crippen LogP contribution in [0.2, 0.25) is 0 Å². The van der Waals surface area contributed by atoms with Crippen molar-refractivity contribution in [3.8, 4) is 0 Å². The van der Waals surface area contributed by atoms with E-state index in [9.17, 15) is 9.59 Å². The number of carbonyl (C=O) groups excluding carboxylic acids is 2. The number of amides is 2. The first-order chi connectivity index (χ1) is 11.1. The predicted molar refractivity (Wildman–Crippen MR) is 90.9 cm³/mol. The van der Waals surface area contributed by atoms with E-state index in [1.807, 2.05) is 18.0 Å². The van der Waals surface area contributed by atoms with Crippen molar-refractivity contribution in [2.75, 3.05) is 43.4 Å². The van der Waals surface area contributed by atoms with Gasteiger partial charge in [-0.2, -0.15) is 0 Å². The maximum atomic E-state index is 12.3. The van der Waals surface area contributed by atoms with Gasteiger partial charge in [0.15, 0.2) is 0 Å². The van der Waals surface area contributed by atoms with Gasteiger partial charge in [0.1, 0.15) is 0 Å². The molecule has 1 aromatic rings. The molecule has 0 aliphatic carbocycles. The molecule has 2 aliphatic heterocycles. The van der Waals surface area contributed by atoms with Gasteiger partial charge in [-0.3, -0.25) is 9.59 Å². The molecule has 2 amide bonds. The highest BCUT2D eigenvalue weighted by molar-refractivity contribution is 6.00. The smallest absolute Gasteiger partial charge is 0.251 e. The third kappa shape index (κ3) is 3.71. The lowest BCUT2D eigenvalue weighted by molar-refractivity contribution is -0.115. The molecule has 0 unspecified atom stereocenters. The number of nitrogens with one attached hydrogen (secondary N) is 3. The standard InChI is InChI=1S/C17H22N4O2/c1-21-9-6-16(22)20-14-10-13(2-3-15(14)21)17(23)19-11-12-4-7-18-8-5-12/h2-4,10,18H,5-9,11H2,1H3,(H,19,23)(H,20,22). The Labute approximate surface area is 135 Å². The molecule has 0 atom stereocenters. The van der Waals surface area contributed by atoms with Crippen LogP contribution in [0.4, 0.5) is 11.4 Å². The van der Waals surface area contributed by atoms with Gasteiger partial charge in [0.25, 0.3) is 5.91 Å². The quantitative estimate of drug-likeness (QED) is 0.731. The van der Waals surface area contributed by atoms with Crippen molar-refractivity contribution < 1.29 is 9.59 Å². The highest BCUT2D eigenvalue weighted by atomic mass is 16.2. The van der Waals surface area contributed by atoms with Gasteiger partial charge in [-0.1, -0.05) is 11.6 Å². The van der Waals surface area contributed by atoms with E-state index < -0.39 is 0 Å². The largest absolute Gasteiger partial charge is 0.372 e. The summed E-state index contributed by atoms with van der Waals surface area (Å²) >= 11 is 0. The minimum Gasteiger partial charge on any atom is -0.372 e. The zero-order valence-corrected chi connectivity index (χ0v) is 13.3. The van der Waals surface area contributed by atoms with Crippen molar-refractivity contribution in [3.63, 3.8) is 0 Å². The second-order valence-corrected chi connectivity index (χ2v) is 5.95. The summed E-state index contributed by atoms with van der Waals surface area (Å²) in [6, 6.07) is 5.44. The second-order valence-electron chi connectivity index (χ2n) is 5.95. The highest BCUT2D eigenvalue weighted by Crippen LogP contribution is 2.28. The summed E-state index contributed by atoms with van der Waals surface area (Å²) in [6.07, 6.45) is 3.54. The van der Waals surface area contributed by atoms with Crippen molar-refractivity contribution in [1.82, 2.24) is 10.6 Å². The Hall–Kier alpha value is -2.34. The van der Waals surface area contributed by atoms with Crippen LogP contribution in [0.25, 0.3) is 0 Å². The van der Waals surface area contributed by atoms with Crippen molar-refractivity contribution in [2.24, 2.45) is 0 Å². The number of nitrogens with zero attached hydrogens (tertiary/aromatic N) is 1. The number of carbonyl (C=O) groups is 2. The maximum Gasteiger partial charge on any atom is 0.251 e. The molecule has 122 valence electrons. The molecule has 0 bridgehead atoms. The zero-order chi connectivity index (χ0) is 16.2. The summed E-state index contributed by atoms with van der Waals surface area (Å²) in [5.74, 6) is -0.138. The van der Waals surface area contributed by atoms with Crippen molar-refractivity contribution >= 4 is 23.2 Å². The third-order valence-electron chi connectivity index (χ3n) is 4.25. The molecule has 0 radical (unpaired) electrons. The van der Waals surface area contributed by atoms with Crippen LogP contribution in [-0.4, -0.2) is 45.0 Å². The third-order valence-corrected chi connectivity index (χ3v) is 4.25. The number of hydrogen-bond acceptors (Lipinski definition) is 4. The molecule has 23 heavy (non-hydrogen) atoms. The van der Waals surface area contributed by atoms with Gasteiger partial charge in [-0.15, -0.1) is 0 Å². The Morgan fingerprint density at radius 3 is 3.00 bits per heavy atom. The summed E-state index contributed by atoms with van der Waals surface area (Å²) in [5, 5.41) is 9.07. The molecule has 3 N–H and O–H groups in total. The normalized spacial score (nSPS) is 17.7. The van der Waals surface area contributed by atoms with E-state index >= 15 is 0 Å². The van der Waals surface area contributed by atoms with E-state index in [0.29, 0.717) is 30.8 Å². The minimum absolute atomic E-state index is 0.0204. The van der Waals surface area contributed by atoms with Crippen LogP contribution in [-0.2, 0) is 4.79 Å². The zero-order valence-electron chi connectivity index (χ0n) is 13.3. The van der Waals surface area contributed by atoms with Crippen LogP contribution in [0.1, 0.15) is 23.2 Å². The highest BCUT2D eigenvalue weighted by Gasteiger charge is 2.18. The fourth-order valence-corrected chi connectivity index (χ4v) is 2.84. The van der Waals surface area contributed by atoms with E-state index in [1.165, 1.54) is 5.57 Å². The Balaban J connectivity index is 1.71. The van der Waals surface area contributed by atoms with E-state index in [0.717, 1.165) is 25.2 Å². The van der Waals surface area contributed by atoms with Crippen LogP contribution in [0, 0.1) is 0 Å². The molecule has 0 fully saturated rings. The first kappa shape index (κ1) is 15.6. The van der Waals surface area contributed by atoms with Crippen LogP contribution in [0.5, 0.6) is 0 Å².